The Bertz CT molecular complexity index is 364. The Morgan fingerprint density at radius 3 is 2.19 bits per heavy atom. The molecule has 6 heteroatoms. The van der Waals surface area contributed by atoms with Gasteiger partial charge in [-0.25, -0.2) is 0 Å². The van der Waals surface area contributed by atoms with Crippen LogP contribution in [0.4, 0.5) is 13.2 Å². The fourth-order valence-corrected chi connectivity index (χ4v) is 3.76. The molecular weight excluding hydrogens is 283 g/mol. The van der Waals surface area contributed by atoms with E-state index in [0.717, 1.165) is 38.5 Å². The summed E-state index contributed by atoms with van der Waals surface area (Å²) in [6, 6.07) is 0.0376. The lowest BCUT2D eigenvalue weighted by Gasteiger charge is -2.41. The van der Waals surface area contributed by atoms with Crippen LogP contribution in [0.2, 0.25) is 0 Å². The molecule has 0 radical (unpaired) electrons. The number of alkyl halides is 3. The standard InChI is InChI=1S/C15H24F3NO2/c16-15(17,18)11-6-5-9-14(10-11,13(20)21)19-12-7-3-1-2-4-8-12/h11-12,19H,1-10H2,(H,20,21). The van der Waals surface area contributed by atoms with Gasteiger partial charge in [0.05, 0.1) is 5.92 Å². The highest BCUT2D eigenvalue weighted by Crippen LogP contribution is 2.42. The maximum atomic E-state index is 13.0. The van der Waals surface area contributed by atoms with E-state index in [9.17, 15) is 23.1 Å². The van der Waals surface area contributed by atoms with E-state index < -0.39 is 23.6 Å². The normalized spacial score (nSPS) is 32.6. The SMILES string of the molecule is O=C(O)C1(NC2CCCCCC2)CCCC(C(F)(F)F)C1. The Labute approximate surface area is 123 Å². The smallest absolute Gasteiger partial charge is 0.391 e. The molecule has 21 heavy (non-hydrogen) atoms. The van der Waals surface area contributed by atoms with E-state index in [4.69, 9.17) is 0 Å². The average molecular weight is 307 g/mol. The van der Waals surface area contributed by atoms with E-state index in [-0.39, 0.29) is 18.9 Å². The van der Waals surface area contributed by atoms with Gasteiger partial charge >= 0.3 is 12.1 Å². The molecule has 2 N–H and O–H groups in total. The fourth-order valence-electron chi connectivity index (χ4n) is 3.76. The lowest BCUT2D eigenvalue weighted by molar-refractivity contribution is -0.192. The predicted octanol–water partition coefficient (Wildman–Crippen LogP) is 3.87. The summed E-state index contributed by atoms with van der Waals surface area (Å²) < 4.78 is 38.9. The van der Waals surface area contributed by atoms with Crippen molar-refractivity contribution in [3.63, 3.8) is 0 Å². The van der Waals surface area contributed by atoms with Crippen LogP contribution in [0.1, 0.15) is 64.2 Å². The summed E-state index contributed by atoms with van der Waals surface area (Å²) in [6.07, 6.45) is 2.07. The molecule has 2 atom stereocenters. The van der Waals surface area contributed by atoms with Crippen LogP contribution in [0.25, 0.3) is 0 Å². The minimum atomic E-state index is -4.30. The van der Waals surface area contributed by atoms with E-state index >= 15 is 0 Å². The average Bonchev–Trinajstić information content (AvgIpc) is 2.66. The van der Waals surface area contributed by atoms with Gasteiger partial charge < -0.3 is 5.11 Å². The molecule has 0 aliphatic heterocycles. The summed E-state index contributed by atoms with van der Waals surface area (Å²) in [4.78, 5) is 11.7. The molecule has 2 aliphatic rings. The number of carboxylic acids is 1. The van der Waals surface area contributed by atoms with Gasteiger partial charge in [-0.1, -0.05) is 32.1 Å². The summed E-state index contributed by atoms with van der Waals surface area (Å²) in [5, 5.41) is 12.7. The summed E-state index contributed by atoms with van der Waals surface area (Å²) in [5.74, 6) is -2.62. The van der Waals surface area contributed by atoms with Crippen molar-refractivity contribution in [2.75, 3.05) is 0 Å². The van der Waals surface area contributed by atoms with Crippen molar-refractivity contribution < 1.29 is 23.1 Å². The minimum Gasteiger partial charge on any atom is -0.480 e. The highest BCUT2D eigenvalue weighted by molar-refractivity contribution is 5.79. The third-order valence-corrected chi connectivity index (χ3v) is 4.96. The topological polar surface area (TPSA) is 49.3 Å². The Hall–Kier alpha value is -0.780. The summed E-state index contributed by atoms with van der Waals surface area (Å²) in [6.45, 7) is 0. The van der Waals surface area contributed by atoms with Crippen LogP contribution in [0.15, 0.2) is 0 Å². The van der Waals surface area contributed by atoms with Crippen molar-refractivity contribution >= 4 is 5.97 Å². The summed E-state index contributed by atoms with van der Waals surface area (Å²) >= 11 is 0. The maximum Gasteiger partial charge on any atom is 0.391 e. The summed E-state index contributed by atoms with van der Waals surface area (Å²) in [5.41, 5.74) is -1.40. The quantitative estimate of drug-likeness (QED) is 0.778. The molecule has 0 saturated heterocycles. The van der Waals surface area contributed by atoms with E-state index in [1.54, 1.807) is 0 Å². The van der Waals surface area contributed by atoms with Crippen molar-refractivity contribution in [1.29, 1.82) is 0 Å². The first-order valence-corrected chi connectivity index (χ1v) is 7.91. The molecule has 2 rings (SSSR count). The number of hydrogen-bond donors (Lipinski definition) is 2. The zero-order chi connectivity index (χ0) is 15.5. The molecule has 0 aromatic heterocycles. The van der Waals surface area contributed by atoms with E-state index in [1.807, 2.05) is 0 Å². The fraction of sp³-hybridized carbons (Fsp3) is 0.933. The molecule has 0 spiro atoms. The second-order valence-electron chi connectivity index (χ2n) is 6.55. The van der Waals surface area contributed by atoms with Gasteiger partial charge in [0.2, 0.25) is 0 Å². The van der Waals surface area contributed by atoms with Crippen LogP contribution in [-0.2, 0) is 4.79 Å². The van der Waals surface area contributed by atoms with Crippen molar-refractivity contribution in [3.05, 3.63) is 0 Å². The van der Waals surface area contributed by atoms with Gasteiger partial charge in [0.1, 0.15) is 5.54 Å². The van der Waals surface area contributed by atoms with Gasteiger partial charge in [-0.3, -0.25) is 10.1 Å². The molecule has 2 saturated carbocycles. The molecule has 2 fully saturated rings. The molecular formula is C15H24F3NO2. The number of carboxylic acid groups (broad SMARTS) is 1. The predicted molar refractivity (Wildman–Crippen MR) is 73.0 cm³/mol. The van der Waals surface area contributed by atoms with Gasteiger partial charge in [-0.05, 0) is 32.1 Å². The zero-order valence-electron chi connectivity index (χ0n) is 12.2. The Kier molecular flexibility index (Phi) is 5.17. The monoisotopic (exact) mass is 307 g/mol. The van der Waals surface area contributed by atoms with Crippen LogP contribution in [0.3, 0.4) is 0 Å². The van der Waals surface area contributed by atoms with Crippen LogP contribution in [-0.4, -0.2) is 28.8 Å². The summed E-state index contributed by atoms with van der Waals surface area (Å²) in [7, 11) is 0. The lowest BCUT2D eigenvalue weighted by atomic mass is 9.74. The highest BCUT2D eigenvalue weighted by Gasteiger charge is 2.51. The second-order valence-corrected chi connectivity index (χ2v) is 6.55. The maximum absolute atomic E-state index is 13.0. The van der Waals surface area contributed by atoms with Gasteiger partial charge in [-0.15, -0.1) is 0 Å². The van der Waals surface area contributed by atoms with Gasteiger partial charge in [0, 0.05) is 6.04 Å². The molecule has 0 aromatic carbocycles. The molecule has 0 amide bonds. The number of halogens is 3. The first kappa shape index (κ1) is 16.6. The highest BCUT2D eigenvalue weighted by atomic mass is 19.4. The van der Waals surface area contributed by atoms with Crippen LogP contribution in [0.5, 0.6) is 0 Å². The first-order chi connectivity index (χ1) is 9.83. The lowest BCUT2D eigenvalue weighted by Crippen LogP contribution is -2.59. The van der Waals surface area contributed by atoms with Gasteiger partial charge in [0.15, 0.2) is 0 Å². The number of hydrogen-bond acceptors (Lipinski definition) is 2. The Morgan fingerprint density at radius 1 is 1.05 bits per heavy atom. The largest absolute Gasteiger partial charge is 0.480 e. The second kappa shape index (κ2) is 6.55. The Balaban J connectivity index is 2.10. The molecule has 2 aliphatic carbocycles. The molecule has 2 unspecified atom stereocenters. The molecule has 0 heterocycles. The number of carbonyl (C=O) groups is 1. The molecule has 3 nitrogen and oxygen atoms in total. The molecule has 122 valence electrons. The van der Waals surface area contributed by atoms with Crippen molar-refractivity contribution in [2.45, 2.75) is 82.0 Å². The molecule has 0 aromatic rings. The van der Waals surface area contributed by atoms with Gasteiger partial charge in [0.25, 0.3) is 0 Å². The first-order valence-electron chi connectivity index (χ1n) is 7.91. The third kappa shape index (κ3) is 4.11. The minimum absolute atomic E-state index is 0.0376. The van der Waals surface area contributed by atoms with Gasteiger partial charge in [-0.2, -0.15) is 13.2 Å². The van der Waals surface area contributed by atoms with Crippen LogP contribution in [0, 0.1) is 5.92 Å². The van der Waals surface area contributed by atoms with Crippen molar-refractivity contribution in [2.24, 2.45) is 5.92 Å². The van der Waals surface area contributed by atoms with E-state index in [1.165, 1.54) is 0 Å². The molecule has 0 bridgehead atoms. The zero-order valence-corrected chi connectivity index (χ0v) is 12.2. The van der Waals surface area contributed by atoms with E-state index in [0.29, 0.717) is 12.8 Å². The number of aliphatic carboxylic acids is 1. The van der Waals surface area contributed by atoms with Crippen molar-refractivity contribution in [1.82, 2.24) is 5.32 Å². The number of rotatable bonds is 3. The van der Waals surface area contributed by atoms with Crippen LogP contribution < -0.4 is 5.32 Å². The Morgan fingerprint density at radius 2 is 1.67 bits per heavy atom. The van der Waals surface area contributed by atoms with Crippen LogP contribution >= 0.6 is 0 Å². The number of nitrogens with one attached hydrogen (secondary N) is 1. The van der Waals surface area contributed by atoms with Crippen molar-refractivity contribution in [3.8, 4) is 0 Å². The third-order valence-electron chi connectivity index (χ3n) is 4.96. The van der Waals surface area contributed by atoms with E-state index in [2.05, 4.69) is 5.32 Å².